The van der Waals surface area contributed by atoms with E-state index in [-0.39, 0.29) is 12.0 Å². The molecule has 140 valence electrons. The van der Waals surface area contributed by atoms with Gasteiger partial charge < -0.3 is 15.0 Å². The van der Waals surface area contributed by atoms with Crippen LogP contribution in [0.1, 0.15) is 43.3 Å². The molecule has 2 N–H and O–H groups in total. The summed E-state index contributed by atoms with van der Waals surface area (Å²) in [6.07, 6.45) is 3.56. The van der Waals surface area contributed by atoms with E-state index in [0.717, 1.165) is 70.1 Å². The lowest BCUT2D eigenvalue weighted by molar-refractivity contribution is -0.122. The maximum absolute atomic E-state index is 11.5. The van der Waals surface area contributed by atoms with Crippen molar-refractivity contribution < 1.29 is 9.90 Å². The minimum Gasteiger partial charge on any atom is -0.393 e. The summed E-state index contributed by atoms with van der Waals surface area (Å²) in [7, 11) is 3.74. The van der Waals surface area contributed by atoms with Gasteiger partial charge in [0, 0.05) is 33.1 Å². The van der Waals surface area contributed by atoms with Crippen molar-refractivity contribution in [2.45, 2.75) is 44.2 Å². The summed E-state index contributed by atoms with van der Waals surface area (Å²) in [5.41, 5.74) is 0. The first-order valence-corrected chi connectivity index (χ1v) is 9.28. The molecular weight excluding hydrogens is 320 g/mol. The van der Waals surface area contributed by atoms with Gasteiger partial charge in [-0.25, -0.2) is 0 Å². The van der Waals surface area contributed by atoms with Gasteiger partial charge in [-0.15, -0.1) is 10.2 Å². The van der Waals surface area contributed by atoms with Gasteiger partial charge in [0.1, 0.15) is 11.6 Å². The predicted molar refractivity (Wildman–Crippen MR) is 94.0 cm³/mol. The fourth-order valence-corrected chi connectivity index (χ4v) is 3.78. The van der Waals surface area contributed by atoms with E-state index in [4.69, 9.17) is 0 Å². The molecule has 0 bridgehead atoms. The van der Waals surface area contributed by atoms with Gasteiger partial charge in [-0.3, -0.25) is 14.6 Å². The Bertz CT molecular complexity index is 574. The Morgan fingerprint density at radius 2 is 1.76 bits per heavy atom. The van der Waals surface area contributed by atoms with Gasteiger partial charge in [0.15, 0.2) is 0 Å². The number of nitrogens with zero attached hydrogens (tertiary/aromatic N) is 5. The molecule has 3 heterocycles. The van der Waals surface area contributed by atoms with Crippen LogP contribution in [0.4, 0.5) is 0 Å². The lowest BCUT2D eigenvalue weighted by atomic mass is 9.96. The molecule has 25 heavy (non-hydrogen) atoms. The van der Waals surface area contributed by atoms with Gasteiger partial charge in [-0.2, -0.15) is 0 Å². The second kappa shape index (κ2) is 8.25. The monoisotopic (exact) mass is 350 g/mol. The van der Waals surface area contributed by atoms with Crippen molar-refractivity contribution in [1.82, 2.24) is 29.9 Å². The van der Waals surface area contributed by atoms with Gasteiger partial charge >= 0.3 is 0 Å². The SMILES string of the molecule is CNC(=O)CN1CCC(c2nnc(CN3CCC(O)CC3)n2C)CC1. The predicted octanol–water partition coefficient (Wildman–Crippen LogP) is -0.303. The van der Waals surface area contributed by atoms with Gasteiger partial charge in [0.25, 0.3) is 0 Å². The van der Waals surface area contributed by atoms with Crippen LogP contribution in [0, 0.1) is 0 Å². The Morgan fingerprint density at radius 3 is 2.40 bits per heavy atom. The van der Waals surface area contributed by atoms with Crippen molar-refractivity contribution in [2.24, 2.45) is 7.05 Å². The van der Waals surface area contributed by atoms with Gasteiger partial charge in [-0.05, 0) is 38.8 Å². The van der Waals surface area contributed by atoms with E-state index < -0.39 is 0 Å². The number of likely N-dealkylation sites (tertiary alicyclic amines) is 2. The second-order valence-electron chi connectivity index (χ2n) is 7.26. The topological polar surface area (TPSA) is 86.5 Å². The maximum atomic E-state index is 11.5. The van der Waals surface area contributed by atoms with Crippen molar-refractivity contribution in [3.05, 3.63) is 11.6 Å². The lowest BCUT2D eigenvalue weighted by Crippen LogP contribution is -2.40. The molecule has 2 aliphatic heterocycles. The van der Waals surface area contributed by atoms with Gasteiger partial charge in [-0.1, -0.05) is 0 Å². The van der Waals surface area contributed by atoms with Crippen LogP contribution in [-0.4, -0.2) is 81.5 Å². The molecule has 0 atom stereocenters. The fourth-order valence-electron chi connectivity index (χ4n) is 3.78. The normalized spacial score (nSPS) is 21.6. The van der Waals surface area contributed by atoms with Crippen molar-refractivity contribution in [2.75, 3.05) is 39.8 Å². The number of aromatic nitrogens is 3. The minimum atomic E-state index is -0.147. The molecule has 2 fully saturated rings. The highest BCUT2D eigenvalue weighted by atomic mass is 16.3. The van der Waals surface area contributed by atoms with Crippen LogP contribution < -0.4 is 5.32 Å². The van der Waals surface area contributed by atoms with Gasteiger partial charge in [0.2, 0.25) is 5.91 Å². The summed E-state index contributed by atoms with van der Waals surface area (Å²) in [5, 5.41) is 21.2. The molecule has 1 amide bonds. The number of carbonyl (C=O) groups excluding carboxylic acids is 1. The molecule has 0 aromatic carbocycles. The number of hydrogen-bond donors (Lipinski definition) is 2. The fraction of sp³-hybridized carbons (Fsp3) is 0.824. The molecule has 1 aromatic rings. The van der Waals surface area contributed by atoms with Crippen molar-refractivity contribution in [3.63, 3.8) is 0 Å². The van der Waals surface area contributed by atoms with Crippen molar-refractivity contribution in [1.29, 1.82) is 0 Å². The standard InChI is InChI=1S/C17H30N6O2/c1-18-16(25)12-23-7-3-13(4-8-23)17-20-19-15(21(17)2)11-22-9-5-14(24)6-10-22/h13-14,24H,3-12H2,1-2H3,(H,18,25). The van der Waals surface area contributed by atoms with Crippen LogP contribution in [-0.2, 0) is 18.4 Å². The van der Waals surface area contributed by atoms with Crippen LogP contribution >= 0.6 is 0 Å². The molecule has 2 saturated heterocycles. The van der Waals surface area contributed by atoms with E-state index in [9.17, 15) is 9.90 Å². The summed E-state index contributed by atoms with van der Waals surface area (Å²) >= 11 is 0. The zero-order valence-electron chi connectivity index (χ0n) is 15.3. The third kappa shape index (κ3) is 4.56. The number of hydrogen-bond acceptors (Lipinski definition) is 6. The summed E-state index contributed by atoms with van der Waals surface area (Å²) in [6, 6.07) is 0. The van der Waals surface area contributed by atoms with E-state index >= 15 is 0 Å². The first-order chi connectivity index (χ1) is 12.1. The van der Waals surface area contributed by atoms with Crippen LogP contribution in [0.2, 0.25) is 0 Å². The van der Waals surface area contributed by atoms with Crippen molar-refractivity contribution >= 4 is 5.91 Å². The zero-order valence-corrected chi connectivity index (χ0v) is 15.3. The number of carbonyl (C=O) groups is 1. The number of amides is 1. The summed E-state index contributed by atoms with van der Waals surface area (Å²) in [5.74, 6) is 2.55. The zero-order chi connectivity index (χ0) is 17.8. The van der Waals surface area contributed by atoms with E-state index in [1.807, 2.05) is 0 Å². The largest absolute Gasteiger partial charge is 0.393 e. The molecule has 0 aliphatic carbocycles. The highest BCUT2D eigenvalue weighted by Gasteiger charge is 2.26. The van der Waals surface area contributed by atoms with E-state index in [1.165, 1.54) is 0 Å². The minimum absolute atomic E-state index is 0.0750. The summed E-state index contributed by atoms with van der Waals surface area (Å²) < 4.78 is 2.14. The third-order valence-electron chi connectivity index (χ3n) is 5.52. The Kier molecular flexibility index (Phi) is 6.03. The Balaban J connectivity index is 1.54. The molecule has 2 aliphatic rings. The molecule has 8 nitrogen and oxygen atoms in total. The maximum Gasteiger partial charge on any atom is 0.233 e. The average Bonchev–Trinajstić information content (AvgIpc) is 2.98. The van der Waals surface area contributed by atoms with Crippen LogP contribution in [0.15, 0.2) is 0 Å². The Labute approximate surface area is 149 Å². The number of nitrogens with one attached hydrogen (secondary N) is 1. The Morgan fingerprint density at radius 1 is 1.12 bits per heavy atom. The summed E-state index contributed by atoms with van der Waals surface area (Å²) in [4.78, 5) is 16.0. The second-order valence-corrected chi connectivity index (χ2v) is 7.26. The molecular formula is C17H30N6O2. The number of rotatable bonds is 5. The molecule has 3 rings (SSSR count). The molecule has 8 heteroatoms. The number of aliphatic hydroxyl groups is 1. The van der Waals surface area contributed by atoms with E-state index in [1.54, 1.807) is 7.05 Å². The average molecular weight is 350 g/mol. The van der Waals surface area contributed by atoms with Crippen molar-refractivity contribution in [3.8, 4) is 0 Å². The molecule has 1 aromatic heterocycles. The highest BCUT2D eigenvalue weighted by Crippen LogP contribution is 2.27. The molecule has 0 radical (unpaired) electrons. The van der Waals surface area contributed by atoms with E-state index in [2.05, 4.69) is 36.9 Å². The van der Waals surface area contributed by atoms with Crippen LogP contribution in [0.5, 0.6) is 0 Å². The first kappa shape index (κ1) is 18.3. The summed E-state index contributed by atoms with van der Waals surface area (Å²) in [6.45, 7) is 4.96. The number of aliphatic hydroxyl groups excluding tert-OH is 1. The van der Waals surface area contributed by atoms with Crippen LogP contribution in [0.3, 0.4) is 0 Å². The van der Waals surface area contributed by atoms with Gasteiger partial charge in [0.05, 0.1) is 19.2 Å². The molecule has 0 spiro atoms. The van der Waals surface area contributed by atoms with E-state index in [0.29, 0.717) is 12.5 Å². The smallest absolute Gasteiger partial charge is 0.233 e. The van der Waals surface area contributed by atoms with Crippen LogP contribution in [0.25, 0.3) is 0 Å². The first-order valence-electron chi connectivity index (χ1n) is 9.28. The Hall–Kier alpha value is -1.51. The molecule has 0 unspecified atom stereocenters. The lowest BCUT2D eigenvalue weighted by Gasteiger charge is -2.31. The number of piperidine rings is 2. The third-order valence-corrected chi connectivity index (χ3v) is 5.52. The highest BCUT2D eigenvalue weighted by molar-refractivity contribution is 5.77. The molecule has 0 saturated carbocycles. The quantitative estimate of drug-likeness (QED) is 0.758. The number of likely N-dealkylation sites (N-methyl/N-ethyl adjacent to an activating group) is 1.